The van der Waals surface area contributed by atoms with Crippen LogP contribution in [0.1, 0.15) is 20.8 Å². The third kappa shape index (κ3) is 9.35. The second-order valence-corrected chi connectivity index (χ2v) is 7.04. The number of carbonyl (C=O) groups excluding carboxylic acids is 3. The van der Waals surface area contributed by atoms with Gasteiger partial charge in [-0.15, -0.1) is 0 Å². The van der Waals surface area contributed by atoms with E-state index < -0.39 is 48.6 Å². The molecule has 0 aromatic rings. The Kier molecular flexibility index (Phi) is 11.8. The molecule has 12 heteroatoms. The van der Waals surface area contributed by atoms with Crippen molar-refractivity contribution in [1.82, 2.24) is 0 Å². The first-order valence-electron chi connectivity index (χ1n) is 10.5. The highest BCUT2D eigenvalue weighted by molar-refractivity contribution is 5.67. The van der Waals surface area contributed by atoms with Gasteiger partial charge in [-0.3, -0.25) is 14.4 Å². The first kappa shape index (κ1) is 26.4. The fraction of sp³-hybridized carbons (Fsp3) is 0.850. The van der Waals surface area contributed by atoms with Crippen LogP contribution in [0, 0.1) is 0 Å². The molecule has 3 rings (SSSR count). The summed E-state index contributed by atoms with van der Waals surface area (Å²) >= 11 is 0. The van der Waals surface area contributed by atoms with Gasteiger partial charge in [0.1, 0.15) is 18.8 Å². The standard InChI is InChI=1S/C20H32O12/c1-13(21)29-12-16-17-18(30-14(2)22)19(31-15(3)23)20(32-16)28-11-9-26-7-5-24-4-6-25-8-10-27-17/h16-20H,4-12H2,1-3H3/t16-,17-,18+,19-,20+/m1/s1. The molecular weight excluding hydrogens is 432 g/mol. The molecule has 12 nitrogen and oxygen atoms in total. The first-order chi connectivity index (χ1) is 15.4. The molecule has 2 bridgehead atoms. The molecule has 0 spiro atoms. The van der Waals surface area contributed by atoms with E-state index in [4.69, 9.17) is 42.6 Å². The van der Waals surface area contributed by atoms with Gasteiger partial charge in [0.05, 0.1) is 52.9 Å². The number of rotatable bonds is 4. The molecule has 184 valence electrons. The topological polar surface area (TPSA) is 134 Å². The summed E-state index contributed by atoms with van der Waals surface area (Å²) in [6, 6.07) is 0. The summed E-state index contributed by atoms with van der Waals surface area (Å²) in [6.07, 6.45) is -5.09. The zero-order chi connectivity index (χ0) is 23.3. The van der Waals surface area contributed by atoms with Crippen LogP contribution in [0.2, 0.25) is 0 Å². The van der Waals surface area contributed by atoms with E-state index in [1.807, 2.05) is 0 Å². The summed E-state index contributed by atoms with van der Waals surface area (Å²) in [7, 11) is 0. The van der Waals surface area contributed by atoms with Crippen LogP contribution in [-0.2, 0) is 57.0 Å². The van der Waals surface area contributed by atoms with Crippen molar-refractivity contribution >= 4 is 17.9 Å². The van der Waals surface area contributed by atoms with Gasteiger partial charge in [0, 0.05) is 20.8 Å². The Morgan fingerprint density at radius 2 is 1.19 bits per heavy atom. The van der Waals surface area contributed by atoms with Crippen LogP contribution in [0.4, 0.5) is 0 Å². The second kappa shape index (κ2) is 14.3. The van der Waals surface area contributed by atoms with Crippen molar-refractivity contribution in [1.29, 1.82) is 0 Å². The van der Waals surface area contributed by atoms with Crippen molar-refractivity contribution in [2.75, 3.05) is 59.5 Å². The molecule has 0 N–H and O–H groups in total. The van der Waals surface area contributed by atoms with Crippen LogP contribution in [0.3, 0.4) is 0 Å². The van der Waals surface area contributed by atoms with E-state index in [2.05, 4.69) is 0 Å². The lowest BCUT2D eigenvalue weighted by Crippen LogP contribution is -2.62. The van der Waals surface area contributed by atoms with Crippen molar-refractivity contribution < 1.29 is 57.0 Å². The molecule has 0 saturated carbocycles. The minimum Gasteiger partial charge on any atom is -0.463 e. The van der Waals surface area contributed by atoms with Crippen LogP contribution in [0.5, 0.6) is 0 Å². The van der Waals surface area contributed by atoms with Crippen molar-refractivity contribution in [2.45, 2.75) is 51.5 Å². The normalized spacial score (nSPS) is 30.7. The highest BCUT2D eigenvalue weighted by atomic mass is 16.7. The van der Waals surface area contributed by atoms with Crippen LogP contribution in [0.25, 0.3) is 0 Å². The zero-order valence-corrected chi connectivity index (χ0v) is 18.6. The Morgan fingerprint density at radius 1 is 0.688 bits per heavy atom. The SMILES string of the molecule is CC(=O)OC[C@H]1O[C@@H]2OCCOCCOCCOCCO[C@H]1[C@H](OC(C)=O)[C@H]2OC(C)=O. The third-order valence-corrected chi connectivity index (χ3v) is 4.44. The Balaban J connectivity index is 2.27. The number of hydrogen-bond donors (Lipinski definition) is 0. The zero-order valence-electron chi connectivity index (χ0n) is 18.6. The molecule has 3 aliphatic heterocycles. The fourth-order valence-corrected chi connectivity index (χ4v) is 3.20. The number of hydrogen-bond acceptors (Lipinski definition) is 12. The van der Waals surface area contributed by atoms with Gasteiger partial charge >= 0.3 is 17.9 Å². The predicted molar refractivity (Wildman–Crippen MR) is 105 cm³/mol. The smallest absolute Gasteiger partial charge is 0.303 e. The largest absolute Gasteiger partial charge is 0.463 e. The molecule has 5 atom stereocenters. The van der Waals surface area contributed by atoms with Gasteiger partial charge in [-0.1, -0.05) is 0 Å². The maximum Gasteiger partial charge on any atom is 0.303 e. The highest BCUT2D eigenvalue weighted by Gasteiger charge is 2.51. The molecule has 3 aliphatic rings. The average molecular weight is 464 g/mol. The Hall–Kier alpha value is -1.83. The molecule has 0 aromatic carbocycles. The Bertz CT molecular complexity index is 597. The van der Waals surface area contributed by atoms with E-state index in [9.17, 15) is 14.4 Å². The molecule has 3 saturated heterocycles. The number of ether oxygens (including phenoxy) is 9. The molecule has 0 aromatic heterocycles. The molecule has 3 fully saturated rings. The summed E-state index contributed by atoms with van der Waals surface area (Å²) in [5.41, 5.74) is 0. The Morgan fingerprint density at radius 3 is 1.72 bits per heavy atom. The second-order valence-electron chi connectivity index (χ2n) is 7.04. The minimum absolute atomic E-state index is 0.101. The molecule has 3 heterocycles. The van der Waals surface area contributed by atoms with Crippen LogP contribution in [-0.4, -0.2) is 108 Å². The van der Waals surface area contributed by atoms with Gasteiger partial charge in [0.25, 0.3) is 0 Å². The summed E-state index contributed by atoms with van der Waals surface area (Å²) in [5, 5.41) is 0. The van der Waals surface area contributed by atoms with E-state index in [1.54, 1.807) is 0 Å². The minimum atomic E-state index is -1.12. The van der Waals surface area contributed by atoms with E-state index in [1.165, 1.54) is 20.8 Å². The summed E-state index contributed by atoms with van der Waals surface area (Å²) in [6.45, 7) is 5.69. The monoisotopic (exact) mass is 464 g/mol. The van der Waals surface area contributed by atoms with Crippen molar-refractivity contribution in [2.24, 2.45) is 0 Å². The highest BCUT2D eigenvalue weighted by Crippen LogP contribution is 2.29. The van der Waals surface area contributed by atoms with E-state index in [0.29, 0.717) is 26.4 Å². The van der Waals surface area contributed by atoms with Crippen LogP contribution in [0.15, 0.2) is 0 Å². The molecule has 32 heavy (non-hydrogen) atoms. The molecule has 0 unspecified atom stereocenters. The Labute approximate surface area is 186 Å². The first-order valence-corrected chi connectivity index (χ1v) is 10.5. The predicted octanol–water partition coefficient (Wildman–Crippen LogP) is -0.397. The third-order valence-electron chi connectivity index (χ3n) is 4.44. The number of fused-ring (bicyclic) bond motifs is 14. The molecule has 0 amide bonds. The molecular formula is C20H32O12. The number of esters is 3. The van der Waals surface area contributed by atoms with Gasteiger partial charge in [-0.05, 0) is 0 Å². The lowest BCUT2D eigenvalue weighted by molar-refractivity contribution is -0.313. The summed E-state index contributed by atoms with van der Waals surface area (Å²) < 4.78 is 49.8. The van der Waals surface area contributed by atoms with Gasteiger partial charge < -0.3 is 42.6 Å². The lowest BCUT2D eigenvalue weighted by Gasteiger charge is -2.44. The van der Waals surface area contributed by atoms with Crippen molar-refractivity contribution in [3.05, 3.63) is 0 Å². The van der Waals surface area contributed by atoms with Gasteiger partial charge in [0.15, 0.2) is 18.5 Å². The lowest BCUT2D eigenvalue weighted by atomic mass is 9.98. The summed E-state index contributed by atoms with van der Waals surface area (Å²) in [5.74, 6) is -1.76. The van der Waals surface area contributed by atoms with Gasteiger partial charge in [-0.2, -0.15) is 0 Å². The summed E-state index contributed by atoms with van der Waals surface area (Å²) in [4.78, 5) is 35.0. The van der Waals surface area contributed by atoms with Crippen LogP contribution < -0.4 is 0 Å². The van der Waals surface area contributed by atoms with Crippen LogP contribution >= 0.6 is 0 Å². The number of carbonyl (C=O) groups is 3. The van der Waals surface area contributed by atoms with E-state index in [0.717, 1.165) is 0 Å². The van der Waals surface area contributed by atoms with Crippen molar-refractivity contribution in [3.63, 3.8) is 0 Å². The molecule has 0 radical (unpaired) electrons. The van der Waals surface area contributed by atoms with E-state index in [-0.39, 0.29) is 33.0 Å². The van der Waals surface area contributed by atoms with Crippen molar-refractivity contribution in [3.8, 4) is 0 Å². The maximum atomic E-state index is 11.8. The van der Waals surface area contributed by atoms with Gasteiger partial charge in [0.2, 0.25) is 0 Å². The van der Waals surface area contributed by atoms with Gasteiger partial charge in [-0.25, -0.2) is 0 Å². The fourth-order valence-electron chi connectivity index (χ4n) is 3.20. The van der Waals surface area contributed by atoms with E-state index >= 15 is 0 Å². The quantitative estimate of drug-likeness (QED) is 0.304. The average Bonchev–Trinajstić information content (AvgIpc) is 2.72. The molecule has 0 aliphatic carbocycles. The maximum absolute atomic E-state index is 11.8.